The van der Waals surface area contributed by atoms with Crippen molar-refractivity contribution in [3.8, 4) is 0 Å². The number of hydrogen-bond acceptors (Lipinski definition) is 7. The number of pyridine rings is 1. The molecule has 0 unspecified atom stereocenters. The van der Waals surface area contributed by atoms with Crippen LogP contribution in [0.1, 0.15) is 23.0 Å². The van der Waals surface area contributed by atoms with E-state index in [1.165, 1.54) is 0 Å². The third-order valence-electron chi connectivity index (χ3n) is 5.90. The normalized spacial score (nSPS) is 14.7. The van der Waals surface area contributed by atoms with Gasteiger partial charge in [0.05, 0.1) is 36.4 Å². The molecule has 10 nitrogen and oxygen atoms in total. The van der Waals surface area contributed by atoms with Crippen LogP contribution in [-0.4, -0.2) is 81.3 Å². The van der Waals surface area contributed by atoms with Gasteiger partial charge in [0, 0.05) is 45.1 Å². The SMILES string of the molecule is CCc1nc2ccc(C(=O)Nc3cccc(NS(C)(=O)=O)c3)cn2c1N(C)CCN1CCOCC1. The maximum absolute atomic E-state index is 13.0. The Hall–Kier alpha value is -3.15. The van der Waals surface area contributed by atoms with Crippen LogP contribution in [0.3, 0.4) is 0 Å². The van der Waals surface area contributed by atoms with E-state index in [4.69, 9.17) is 9.72 Å². The number of aryl methyl sites for hydroxylation is 1. The molecular formula is C24H32N6O4S. The zero-order chi connectivity index (χ0) is 25.0. The lowest BCUT2D eigenvalue weighted by Gasteiger charge is -2.29. The number of carbonyl (C=O) groups excluding carboxylic acids is 1. The molecule has 1 saturated heterocycles. The van der Waals surface area contributed by atoms with Crippen LogP contribution < -0.4 is 14.9 Å². The Morgan fingerprint density at radius 2 is 1.91 bits per heavy atom. The fourth-order valence-electron chi connectivity index (χ4n) is 4.16. The second-order valence-corrected chi connectivity index (χ2v) is 10.4. The summed E-state index contributed by atoms with van der Waals surface area (Å²) >= 11 is 0. The summed E-state index contributed by atoms with van der Waals surface area (Å²) in [5, 5.41) is 2.85. The fourth-order valence-corrected chi connectivity index (χ4v) is 4.71. The van der Waals surface area contributed by atoms with Crippen molar-refractivity contribution in [3.05, 3.63) is 53.9 Å². The summed E-state index contributed by atoms with van der Waals surface area (Å²) in [5.74, 6) is 0.682. The molecule has 11 heteroatoms. The lowest BCUT2D eigenvalue weighted by molar-refractivity contribution is 0.0392. The standard InChI is InChI=1S/C24H32N6O4S/c1-4-21-24(28(2)10-11-29-12-14-34-15-13-29)30-17-18(8-9-22(30)26-21)23(31)25-19-6-5-7-20(16-19)27-35(3,32)33/h5-9,16-17,27H,4,10-15H2,1-3H3,(H,25,31). The minimum absolute atomic E-state index is 0.294. The van der Waals surface area contributed by atoms with E-state index in [1.54, 1.807) is 36.5 Å². The number of rotatable bonds is 9. The van der Waals surface area contributed by atoms with E-state index in [2.05, 4.69) is 33.8 Å². The molecule has 1 amide bonds. The van der Waals surface area contributed by atoms with E-state index < -0.39 is 10.0 Å². The van der Waals surface area contributed by atoms with E-state index in [1.807, 2.05) is 10.5 Å². The first-order valence-electron chi connectivity index (χ1n) is 11.6. The summed E-state index contributed by atoms with van der Waals surface area (Å²) in [6.07, 6.45) is 3.66. The molecule has 2 N–H and O–H groups in total. The van der Waals surface area contributed by atoms with Gasteiger partial charge in [0.25, 0.3) is 5.91 Å². The Bertz CT molecular complexity index is 1300. The molecule has 1 aromatic carbocycles. The molecule has 0 bridgehead atoms. The Morgan fingerprint density at radius 1 is 1.17 bits per heavy atom. The van der Waals surface area contributed by atoms with Crippen LogP contribution in [0.2, 0.25) is 0 Å². The highest BCUT2D eigenvalue weighted by Crippen LogP contribution is 2.24. The monoisotopic (exact) mass is 500 g/mol. The number of ether oxygens (including phenoxy) is 1. The highest BCUT2D eigenvalue weighted by Gasteiger charge is 2.18. The highest BCUT2D eigenvalue weighted by atomic mass is 32.2. The lowest BCUT2D eigenvalue weighted by Crippen LogP contribution is -2.41. The molecule has 1 fully saturated rings. The second-order valence-electron chi connectivity index (χ2n) is 8.67. The van der Waals surface area contributed by atoms with E-state index in [9.17, 15) is 13.2 Å². The molecule has 3 aromatic rings. The van der Waals surface area contributed by atoms with Crippen LogP contribution in [-0.2, 0) is 21.2 Å². The molecule has 188 valence electrons. The first kappa shape index (κ1) is 25.0. The molecule has 0 radical (unpaired) electrons. The molecule has 0 atom stereocenters. The highest BCUT2D eigenvalue weighted by molar-refractivity contribution is 7.92. The maximum Gasteiger partial charge on any atom is 0.257 e. The number of hydrogen-bond donors (Lipinski definition) is 2. The second kappa shape index (κ2) is 10.6. The molecule has 0 aliphatic carbocycles. The van der Waals surface area contributed by atoms with Gasteiger partial charge in [0.2, 0.25) is 10.0 Å². The smallest absolute Gasteiger partial charge is 0.257 e. The first-order chi connectivity index (χ1) is 16.7. The number of imidazole rings is 1. The van der Waals surface area contributed by atoms with Crippen LogP contribution in [0.15, 0.2) is 42.6 Å². The number of morpholine rings is 1. The summed E-state index contributed by atoms with van der Waals surface area (Å²) < 4.78 is 32.8. The van der Waals surface area contributed by atoms with Crippen molar-refractivity contribution < 1.29 is 17.9 Å². The van der Waals surface area contributed by atoms with Crippen molar-refractivity contribution in [1.29, 1.82) is 0 Å². The number of aromatic nitrogens is 2. The number of carbonyl (C=O) groups is 1. The molecule has 1 aliphatic rings. The van der Waals surface area contributed by atoms with Gasteiger partial charge in [-0.1, -0.05) is 13.0 Å². The average molecular weight is 501 g/mol. The third kappa shape index (κ3) is 6.30. The Balaban J connectivity index is 1.54. The van der Waals surface area contributed by atoms with Gasteiger partial charge < -0.3 is 15.0 Å². The van der Waals surface area contributed by atoms with Gasteiger partial charge in [0.15, 0.2) is 0 Å². The number of anilines is 3. The quantitative estimate of drug-likeness (QED) is 0.464. The summed E-state index contributed by atoms with van der Waals surface area (Å²) in [6, 6.07) is 10.2. The topological polar surface area (TPSA) is 108 Å². The van der Waals surface area contributed by atoms with E-state index >= 15 is 0 Å². The van der Waals surface area contributed by atoms with E-state index in [-0.39, 0.29) is 5.91 Å². The molecule has 35 heavy (non-hydrogen) atoms. The Kier molecular flexibility index (Phi) is 7.58. The zero-order valence-electron chi connectivity index (χ0n) is 20.3. The number of fused-ring (bicyclic) bond motifs is 1. The minimum Gasteiger partial charge on any atom is -0.379 e. The van der Waals surface area contributed by atoms with Crippen LogP contribution in [0.4, 0.5) is 17.2 Å². The van der Waals surface area contributed by atoms with E-state index in [0.717, 1.165) is 69.2 Å². The summed E-state index contributed by atoms with van der Waals surface area (Å²) in [7, 11) is -1.36. The lowest BCUT2D eigenvalue weighted by atomic mass is 10.2. The van der Waals surface area contributed by atoms with Gasteiger partial charge in [-0.25, -0.2) is 13.4 Å². The van der Waals surface area contributed by atoms with Crippen molar-refractivity contribution in [2.45, 2.75) is 13.3 Å². The molecule has 0 saturated carbocycles. The van der Waals surface area contributed by atoms with Crippen molar-refractivity contribution in [2.75, 3.05) is 67.6 Å². The number of nitrogens with zero attached hydrogens (tertiary/aromatic N) is 4. The predicted molar refractivity (Wildman–Crippen MR) is 138 cm³/mol. The Labute approximate surface area is 205 Å². The van der Waals surface area contributed by atoms with Crippen LogP contribution in [0.25, 0.3) is 5.65 Å². The number of amides is 1. The van der Waals surface area contributed by atoms with Gasteiger partial charge >= 0.3 is 0 Å². The van der Waals surface area contributed by atoms with Gasteiger partial charge in [0.1, 0.15) is 11.5 Å². The predicted octanol–water partition coefficient (Wildman–Crippen LogP) is 2.29. The van der Waals surface area contributed by atoms with Crippen LogP contribution in [0, 0.1) is 0 Å². The van der Waals surface area contributed by atoms with Crippen LogP contribution in [0.5, 0.6) is 0 Å². The van der Waals surface area contributed by atoms with Crippen molar-refractivity contribution in [3.63, 3.8) is 0 Å². The van der Waals surface area contributed by atoms with E-state index in [0.29, 0.717) is 16.9 Å². The largest absolute Gasteiger partial charge is 0.379 e. The van der Waals surface area contributed by atoms with Gasteiger partial charge in [-0.05, 0) is 36.8 Å². The Morgan fingerprint density at radius 3 is 2.63 bits per heavy atom. The van der Waals surface area contributed by atoms with Crippen LogP contribution >= 0.6 is 0 Å². The summed E-state index contributed by atoms with van der Waals surface area (Å²) in [5.41, 5.74) is 3.11. The third-order valence-corrected chi connectivity index (χ3v) is 6.51. The average Bonchev–Trinajstić information content (AvgIpc) is 3.20. The molecule has 2 aromatic heterocycles. The zero-order valence-corrected chi connectivity index (χ0v) is 21.1. The molecule has 4 rings (SSSR count). The van der Waals surface area contributed by atoms with Crippen molar-refractivity contribution >= 4 is 38.8 Å². The molecule has 3 heterocycles. The summed E-state index contributed by atoms with van der Waals surface area (Å²) in [6.45, 7) is 7.24. The number of nitrogens with one attached hydrogen (secondary N) is 2. The van der Waals surface area contributed by atoms with Gasteiger partial charge in [-0.15, -0.1) is 0 Å². The number of benzene rings is 1. The van der Waals surface area contributed by atoms with Crippen molar-refractivity contribution in [1.82, 2.24) is 14.3 Å². The van der Waals surface area contributed by atoms with Crippen molar-refractivity contribution in [2.24, 2.45) is 0 Å². The fraction of sp³-hybridized carbons (Fsp3) is 0.417. The van der Waals surface area contributed by atoms with Gasteiger partial charge in [-0.3, -0.25) is 18.8 Å². The number of sulfonamides is 1. The molecule has 0 spiro atoms. The minimum atomic E-state index is -3.41. The van der Waals surface area contributed by atoms with Gasteiger partial charge in [-0.2, -0.15) is 0 Å². The number of likely N-dealkylation sites (N-methyl/N-ethyl adjacent to an activating group) is 1. The maximum atomic E-state index is 13.0. The molecule has 1 aliphatic heterocycles. The molecular weight excluding hydrogens is 468 g/mol. The summed E-state index contributed by atoms with van der Waals surface area (Å²) in [4.78, 5) is 22.4. The first-order valence-corrected chi connectivity index (χ1v) is 13.5.